The minimum Gasteiger partial charge on any atom is -0.493 e. The van der Waals surface area contributed by atoms with Crippen molar-refractivity contribution >= 4 is 51.9 Å². The fourth-order valence-corrected chi connectivity index (χ4v) is 7.36. The summed E-state index contributed by atoms with van der Waals surface area (Å²) in [6.45, 7) is 8.39. The molecule has 1 atom stereocenters. The fraction of sp³-hybridized carbons (Fsp3) is 0.297. The van der Waals surface area contributed by atoms with Crippen LogP contribution in [0.15, 0.2) is 81.7 Å². The van der Waals surface area contributed by atoms with Crippen LogP contribution in [0.1, 0.15) is 85.1 Å². The number of rotatable bonds is 12. The number of thiazole rings is 1. The predicted octanol–water partition coefficient (Wildman–Crippen LogP) is 6.59. The normalized spacial score (nSPS) is 14.5. The van der Waals surface area contributed by atoms with E-state index in [1.54, 1.807) is 41.8 Å². The van der Waals surface area contributed by atoms with E-state index in [-0.39, 0.29) is 24.3 Å². The molecular formula is C37H37IN2O7S. The van der Waals surface area contributed by atoms with Gasteiger partial charge in [-0.3, -0.25) is 9.36 Å². The highest BCUT2D eigenvalue weighted by Crippen LogP contribution is 2.36. The molecule has 5 rings (SSSR count). The van der Waals surface area contributed by atoms with Gasteiger partial charge in [0.05, 0.1) is 44.7 Å². The van der Waals surface area contributed by atoms with E-state index in [0.29, 0.717) is 50.0 Å². The summed E-state index contributed by atoms with van der Waals surface area (Å²) < 4.78 is 20.1. The zero-order valence-electron chi connectivity index (χ0n) is 27.4. The van der Waals surface area contributed by atoms with Crippen LogP contribution in [0.3, 0.4) is 0 Å². The van der Waals surface area contributed by atoms with Crippen LogP contribution in [0, 0.1) is 3.57 Å². The van der Waals surface area contributed by atoms with E-state index in [9.17, 15) is 19.5 Å². The number of carboxylic acids is 1. The molecule has 1 aliphatic rings. The molecule has 1 N–H and O–H groups in total. The molecule has 1 aliphatic heterocycles. The molecule has 0 bridgehead atoms. The van der Waals surface area contributed by atoms with Crippen molar-refractivity contribution in [2.45, 2.75) is 59.1 Å². The summed E-state index contributed by atoms with van der Waals surface area (Å²) in [7, 11) is 1.54. The summed E-state index contributed by atoms with van der Waals surface area (Å²) in [6, 6.07) is 17.6. The largest absolute Gasteiger partial charge is 0.493 e. The van der Waals surface area contributed by atoms with E-state index in [0.717, 1.165) is 26.7 Å². The molecule has 0 unspecified atom stereocenters. The van der Waals surface area contributed by atoms with Gasteiger partial charge in [-0.25, -0.2) is 14.6 Å². The highest BCUT2D eigenvalue weighted by Gasteiger charge is 2.34. The standard InChI is InChI=1S/C37H37IN2O7S/c1-6-9-28-31(36(44)46-7-2)32(25-14-12-24(13-15-25)21(3)4)40-34(41)30(48-37(40)39-28)19-23-17-27(38)33(29(18-23)45-5)47-20-22-10-8-11-26(16-22)35(42)43/h8,10-19,21,32H,6-7,9,20H2,1-5H3,(H,42,43)/b30-19-/t32-/m1/s1. The minimum atomic E-state index is -1.01. The number of carbonyl (C=O) groups is 2. The van der Waals surface area contributed by atoms with Gasteiger partial charge in [0.15, 0.2) is 16.3 Å². The lowest BCUT2D eigenvalue weighted by Gasteiger charge is -2.26. The van der Waals surface area contributed by atoms with Crippen molar-refractivity contribution in [3.63, 3.8) is 0 Å². The van der Waals surface area contributed by atoms with Crippen LogP contribution in [0.4, 0.5) is 0 Å². The van der Waals surface area contributed by atoms with Crippen LogP contribution >= 0.6 is 33.9 Å². The van der Waals surface area contributed by atoms with E-state index in [1.165, 1.54) is 24.5 Å². The lowest BCUT2D eigenvalue weighted by atomic mass is 9.92. The van der Waals surface area contributed by atoms with Gasteiger partial charge >= 0.3 is 11.9 Å². The fourth-order valence-electron chi connectivity index (χ4n) is 5.56. The molecule has 48 heavy (non-hydrogen) atoms. The number of aromatic nitrogens is 1. The summed E-state index contributed by atoms with van der Waals surface area (Å²) in [5.41, 5.74) is 4.34. The minimum absolute atomic E-state index is 0.145. The number of allylic oxidation sites excluding steroid dienone is 1. The smallest absolute Gasteiger partial charge is 0.338 e. The quantitative estimate of drug-likeness (QED) is 0.127. The summed E-state index contributed by atoms with van der Waals surface area (Å²) in [6.07, 6.45) is 3.13. The number of aromatic carboxylic acids is 1. The second kappa shape index (κ2) is 15.3. The lowest BCUT2D eigenvalue weighted by molar-refractivity contribution is -0.139. The first-order chi connectivity index (χ1) is 23.1. The Hall–Kier alpha value is -4.23. The molecule has 0 saturated heterocycles. The van der Waals surface area contributed by atoms with Crippen molar-refractivity contribution in [3.8, 4) is 11.5 Å². The van der Waals surface area contributed by atoms with E-state index < -0.39 is 18.0 Å². The zero-order chi connectivity index (χ0) is 34.5. The molecule has 2 heterocycles. The highest BCUT2D eigenvalue weighted by atomic mass is 127. The SMILES string of the molecule is CCCC1=C(C(=O)OCC)[C@@H](c2ccc(C(C)C)cc2)n2c(s/c(=C\c3cc(I)c(OCc4cccc(C(=O)O)c4)c(OC)c3)c2=O)=N1. The number of ether oxygens (including phenoxy) is 3. The van der Waals surface area contributed by atoms with Crippen molar-refractivity contribution in [1.82, 2.24) is 4.57 Å². The molecule has 0 aliphatic carbocycles. The number of fused-ring (bicyclic) bond motifs is 1. The molecule has 0 radical (unpaired) electrons. The number of methoxy groups -OCH3 is 1. The second-order valence-corrected chi connectivity index (χ2v) is 13.7. The average molecular weight is 781 g/mol. The molecule has 0 amide bonds. The van der Waals surface area contributed by atoms with Gasteiger partial charge in [0.25, 0.3) is 5.56 Å². The Bertz CT molecular complexity index is 2060. The molecule has 0 spiro atoms. The van der Waals surface area contributed by atoms with Gasteiger partial charge in [0.2, 0.25) is 0 Å². The molecule has 4 aromatic rings. The van der Waals surface area contributed by atoms with Gasteiger partial charge in [0.1, 0.15) is 6.61 Å². The van der Waals surface area contributed by atoms with Crippen molar-refractivity contribution in [2.24, 2.45) is 4.99 Å². The third kappa shape index (κ3) is 7.41. The number of nitrogens with zero attached hydrogens (tertiary/aromatic N) is 2. The van der Waals surface area contributed by atoms with E-state index in [4.69, 9.17) is 19.2 Å². The summed E-state index contributed by atoms with van der Waals surface area (Å²) in [5.74, 6) is -0.176. The molecule has 9 nitrogen and oxygen atoms in total. The Morgan fingerprint density at radius 2 is 1.85 bits per heavy atom. The van der Waals surface area contributed by atoms with Crippen molar-refractivity contribution in [2.75, 3.05) is 13.7 Å². The van der Waals surface area contributed by atoms with Crippen LogP contribution in [0.5, 0.6) is 11.5 Å². The van der Waals surface area contributed by atoms with E-state index in [1.807, 2.05) is 37.3 Å². The monoisotopic (exact) mass is 780 g/mol. The maximum Gasteiger partial charge on any atom is 0.338 e. The Kier molecular flexibility index (Phi) is 11.2. The summed E-state index contributed by atoms with van der Waals surface area (Å²) >= 11 is 3.43. The third-order valence-corrected chi connectivity index (χ3v) is 9.70. The van der Waals surface area contributed by atoms with Crippen LogP contribution < -0.4 is 24.4 Å². The van der Waals surface area contributed by atoms with Crippen LogP contribution in [0.25, 0.3) is 6.08 Å². The van der Waals surface area contributed by atoms with Crippen LogP contribution in [0.2, 0.25) is 0 Å². The third-order valence-electron chi connectivity index (χ3n) is 7.92. The van der Waals surface area contributed by atoms with Gasteiger partial charge in [-0.1, -0.05) is 74.9 Å². The molecule has 250 valence electrons. The predicted molar refractivity (Wildman–Crippen MR) is 194 cm³/mol. The van der Waals surface area contributed by atoms with Gasteiger partial charge in [-0.05, 0) is 94.4 Å². The summed E-state index contributed by atoms with van der Waals surface area (Å²) in [4.78, 5) is 44.5. The Morgan fingerprint density at radius 1 is 1.10 bits per heavy atom. The first-order valence-electron chi connectivity index (χ1n) is 15.7. The average Bonchev–Trinajstić information content (AvgIpc) is 3.37. The number of carbonyl (C=O) groups excluding carboxylic acids is 1. The summed E-state index contributed by atoms with van der Waals surface area (Å²) in [5, 5.41) is 9.32. The van der Waals surface area contributed by atoms with Gasteiger partial charge < -0.3 is 19.3 Å². The first-order valence-corrected chi connectivity index (χ1v) is 17.6. The maximum atomic E-state index is 14.2. The van der Waals surface area contributed by atoms with Crippen LogP contribution in [-0.2, 0) is 16.1 Å². The molecule has 11 heteroatoms. The molecular weight excluding hydrogens is 743 g/mol. The number of benzene rings is 3. The number of halogens is 1. The Labute approximate surface area is 296 Å². The lowest BCUT2D eigenvalue weighted by Crippen LogP contribution is -2.40. The van der Waals surface area contributed by atoms with Crippen molar-refractivity contribution < 1.29 is 28.9 Å². The van der Waals surface area contributed by atoms with Gasteiger partial charge in [-0.15, -0.1) is 0 Å². The topological polar surface area (TPSA) is 116 Å². The first kappa shape index (κ1) is 35.1. The molecule has 0 saturated carbocycles. The Morgan fingerprint density at radius 3 is 2.50 bits per heavy atom. The van der Waals surface area contributed by atoms with Gasteiger partial charge in [0, 0.05) is 0 Å². The van der Waals surface area contributed by atoms with E-state index in [2.05, 4.69) is 36.4 Å². The highest BCUT2D eigenvalue weighted by molar-refractivity contribution is 14.1. The number of esters is 1. The number of hydrogen-bond donors (Lipinski definition) is 1. The molecule has 0 fully saturated rings. The molecule has 3 aromatic carbocycles. The maximum absolute atomic E-state index is 14.2. The zero-order valence-corrected chi connectivity index (χ0v) is 30.4. The van der Waals surface area contributed by atoms with E-state index >= 15 is 0 Å². The van der Waals surface area contributed by atoms with Crippen molar-refractivity contribution in [1.29, 1.82) is 0 Å². The van der Waals surface area contributed by atoms with Crippen LogP contribution in [-0.4, -0.2) is 35.3 Å². The second-order valence-electron chi connectivity index (χ2n) is 11.6. The number of hydrogen-bond acceptors (Lipinski definition) is 8. The van der Waals surface area contributed by atoms with Crippen molar-refractivity contribution in [3.05, 3.63) is 123 Å². The van der Waals surface area contributed by atoms with Gasteiger partial charge in [-0.2, -0.15) is 0 Å². The number of carboxylic acid groups (broad SMARTS) is 1. The Balaban J connectivity index is 1.59. The molecule has 1 aromatic heterocycles.